The van der Waals surface area contributed by atoms with Gasteiger partial charge in [-0.15, -0.1) is 0 Å². The number of benzene rings is 1. The monoisotopic (exact) mass is 285 g/mol. The van der Waals surface area contributed by atoms with E-state index in [0.29, 0.717) is 5.41 Å². The van der Waals surface area contributed by atoms with Crippen LogP contribution in [0.3, 0.4) is 0 Å². The van der Waals surface area contributed by atoms with Gasteiger partial charge < -0.3 is 9.64 Å². The van der Waals surface area contributed by atoms with E-state index in [-0.39, 0.29) is 0 Å². The summed E-state index contributed by atoms with van der Waals surface area (Å²) in [7, 11) is 4.15. The predicted octanol–water partition coefficient (Wildman–Crippen LogP) is 3.77. The average molecular weight is 285 g/mol. The van der Waals surface area contributed by atoms with Crippen molar-refractivity contribution >= 4 is 0 Å². The van der Waals surface area contributed by atoms with Gasteiger partial charge >= 0.3 is 0 Å². The van der Waals surface area contributed by atoms with Crippen molar-refractivity contribution in [2.45, 2.75) is 56.4 Å². The molecule has 3 aliphatic rings. The second-order valence-electron chi connectivity index (χ2n) is 7.39. The SMILES string of the molecule is COc1ccc2c(c1)[C@]13CCCC[C@@H]1[C@H](C2)N(C)CCC3. The molecule has 2 nitrogen and oxygen atoms in total. The molecule has 0 spiro atoms. The lowest BCUT2D eigenvalue weighted by Gasteiger charge is -2.52. The van der Waals surface area contributed by atoms with Crippen LogP contribution in [0.4, 0.5) is 0 Å². The highest BCUT2D eigenvalue weighted by Gasteiger charge is 2.51. The Morgan fingerprint density at radius 1 is 1.19 bits per heavy atom. The first-order chi connectivity index (χ1) is 10.2. The Morgan fingerprint density at radius 2 is 2.05 bits per heavy atom. The number of likely N-dealkylation sites (N-methyl/N-ethyl adjacent to an activating group) is 1. The molecule has 0 unspecified atom stereocenters. The van der Waals surface area contributed by atoms with Crippen LogP contribution in [0.5, 0.6) is 5.75 Å². The summed E-state index contributed by atoms with van der Waals surface area (Å²) < 4.78 is 5.54. The van der Waals surface area contributed by atoms with Crippen LogP contribution in [0, 0.1) is 5.92 Å². The van der Waals surface area contributed by atoms with Gasteiger partial charge in [-0.2, -0.15) is 0 Å². The number of nitrogens with zero attached hydrogens (tertiary/aromatic N) is 1. The maximum absolute atomic E-state index is 5.54. The Hall–Kier alpha value is -1.02. The first-order valence-electron chi connectivity index (χ1n) is 8.62. The highest BCUT2D eigenvalue weighted by molar-refractivity contribution is 5.45. The molecular weight excluding hydrogens is 258 g/mol. The number of ether oxygens (including phenoxy) is 1. The molecule has 0 radical (unpaired) electrons. The van der Waals surface area contributed by atoms with Crippen LogP contribution in [0.15, 0.2) is 18.2 Å². The Labute approximate surface area is 128 Å². The number of hydrogen-bond donors (Lipinski definition) is 0. The number of hydrogen-bond acceptors (Lipinski definition) is 2. The van der Waals surface area contributed by atoms with Gasteiger partial charge in [0.05, 0.1) is 7.11 Å². The maximum Gasteiger partial charge on any atom is 0.119 e. The van der Waals surface area contributed by atoms with Gasteiger partial charge in [0.25, 0.3) is 0 Å². The van der Waals surface area contributed by atoms with Crippen molar-refractivity contribution in [1.29, 1.82) is 0 Å². The molecule has 2 bridgehead atoms. The molecule has 1 aliphatic heterocycles. The van der Waals surface area contributed by atoms with Gasteiger partial charge in [-0.25, -0.2) is 0 Å². The van der Waals surface area contributed by atoms with Gasteiger partial charge in [0, 0.05) is 11.5 Å². The zero-order valence-corrected chi connectivity index (χ0v) is 13.4. The molecule has 0 N–H and O–H groups in total. The normalized spacial score (nSPS) is 35.5. The minimum absolute atomic E-state index is 0.440. The van der Waals surface area contributed by atoms with Crippen LogP contribution in [0.2, 0.25) is 0 Å². The quantitative estimate of drug-likeness (QED) is 0.778. The molecule has 1 aromatic rings. The molecule has 2 aliphatic carbocycles. The summed E-state index contributed by atoms with van der Waals surface area (Å²) in [6.45, 7) is 1.27. The Morgan fingerprint density at radius 3 is 2.90 bits per heavy atom. The zero-order valence-electron chi connectivity index (χ0n) is 13.4. The summed E-state index contributed by atoms with van der Waals surface area (Å²) >= 11 is 0. The zero-order chi connectivity index (χ0) is 14.4. The molecule has 0 aromatic heterocycles. The van der Waals surface area contributed by atoms with E-state index in [0.717, 1.165) is 17.7 Å². The first kappa shape index (κ1) is 13.6. The molecule has 0 amide bonds. The highest BCUT2D eigenvalue weighted by atomic mass is 16.5. The molecule has 2 fully saturated rings. The van der Waals surface area contributed by atoms with E-state index in [9.17, 15) is 0 Å². The van der Waals surface area contributed by atoms with Crippen LogP contribution in [-0.4, -0.2) is 31.6 Å². The van der Waals surface area contributed by atoms with Gasteiger partial charge in [-0.3, -0.25) is 0 Å². The second kappa shape index (κ2) is 5.01. The summed E-state index contributed by atoms with van der Waals surface area (Å²) in [5.41, 5.74) is 3.67. The summed E-state index contributed by atoms with van der Waals surface area (Å²) in [6, 6.07) is 7.63. The van der Waals surface area contributed by atoms with Crippen LogP contribution in [0.25, 0.3) is 0 Å². The average Bonchev–Trinajstić information content (AvgIpc) is 2.63. The van der Waals surface area contributed by atoms with Gasteiger partial charge in [0.1, 0.15) is 5.75 Å². The van der Waals surface area contributed by atoms with Gasteiger partial charge in [-0.05, 0) is 74.9 Å². The third-order valence-electron chi connectivity index (χ3n) is 6.54. The van der Waals surface area contributed by atoms with Gasteiger partial charge in [-0.1, -0.05) is 18.9 Å². The Kier molecular flexibility index (Phi) is 3.25. The van der Waals surface area contributed by atoms with E-state index in [1.165, 1.54) is 51.5 Å². The van der Waals surface area contributed by atoms with Crippen molar-refractivity contribution in [2.24, 2.45) is 5.92 Å². The lowest BCUT2D eigenvalue weighted by molar-refractivity contribution is 0.0818. The fraction of sp³-hybridized carbons (Fsp3) is 0.684. The smallest absolute Gasteiger partial charge is 0.119 e. The van der Waals surface area contributed by atoms with Gasteiger partial charge in [0.2, 0.25) is 0 Å². The Bertz CT molecular complexity index is 540. The molecule has 4 rings (SSSR count). The van der Waals surface area contributed by atoms with E-state index in [2.05, 4.69) is 30.1 Å². The lowest BCUT2D eigenvalue weighted by atomic mass is 9.54. The lowest BCUT2D eigenvalue weighted by Crippen LogP contribution is -2.52. The molecule has 1 aromatic carbocycles. The summed E-state index contributed by atoms with van der Waals surface area (Å²) in [6.07, 6.45) is 9.61. The largest absolute Gasteiger partial charge is 0.497 e. The maximum atomic E-state index is 5.54. The minimum atomic E-state index is 0.440. The standard InChI is InChI=1S/C19H27NO/c1-20-11-5-10-19-9-4-3-6-16(19)18(20)12-14-7-8-15(21-2)13-17(14)19/h7-8,13,16,18H,3-6,9-12H2,1-2H3/t16-,18+,19+/m1/s1. The molecule has 2 heteroatoms. The molecule has 3 atom stereocenters. The highest BCUT2D eigenvalue weighted by Crippen LogP contribution is 2.55. The third kappa shape index (κ3) is 1.95. The van der Waals surface area contributed by atoms with Crippen molar-refractivity contribution < 1.29 is 4.74 Å². The van der Waals surface area contributed by atoms with Crippen molar-refractivity contribution in [2.75, 3.05) is 20.7 Å². The van der Waals surface area contributed by atoms with Crippen molar-refractivity contribution in [3.63, 3.8) is 0 Å². The fourth-order valence-electron chi connectivity index (χ4n) is 5.57. The number of fused-ring (bicyclic) bond motifs is 1. The Balaban J connectivity index is 1.89. The topological polar surface area (TPSA) is 12.5 Å². The van der Waals surface area contributed by atoms with E-state index < -0.39 is 0 Å². The molecular formula is C19H27NO. The number of rotatable bonds is 1. The van der Waals surface area contributed by atoms with Crippen LogP contribution >= 0.6 is 0 Å². The summed E-state index contributed by atoms with van der Waals surface area (Å²) in [4.78, 5) is 2.66. The van der Waals surface area contributed by atoms with E-state index in [1.54, 1.807) is 18.2 Å². The molecule has 21 heavy (non-hydrogen) atoms. The second-order valence-corrected chi connectivity index (χ2v) is 7.39. The fourth-order valence-corrected chi connectivity index (χ4v) is 5.57. The predicted molar refractivity (Wildman–Crippen MR) is 86.0 cm³/mol. The van der Waals surface area contributed by atoms with E-state index in [1.807, 2.05) is 0 Å². The van der Waals surface area contributed by atoms with E-state index in [4.69, 9.17) is 4.74 Å². The van der Waals surface area contributed by atoms with Crippen molar-refractivity contribution in [3.05, 3.63) is 29.3 Å². The molecule has 1 saturated heterocycles. The number of likely N-dealkylation sites (tertiary alicyclic amines) is 1. The van der Waals surface area contributed by atoms with Gasteiger partial charge in [0.15, 0.2) is 0 Å². The molecule has 1 saturated carbocycles. The van der Waals surface area contributed by atoms with E-state index >= 15 is 0 Å². The summed E-state index contributed by atoms with van der Waals surface area (Å²) in [5, 5.41) is 0. The van der Waals surface area contributed by atoms with Crippen LogP contribution in [0.1, 0.15) is 49.7 Å². The van der Waals surface area contributed by atoms with Crippen LogP contribution < -0.4 is 4.74 Å². The molecule has 1 heterocycles. The van der Waals surface area contributed by atoms with Crippen LogP contribution in [-0.2, 0) is 11.8 Å². The first-order valence-corrected chi connectivity index (χ1v) is 8.62. The third-order valence-corrected chi connectivity index (χ3v) is 6.54. The minimum Gasteiger partial charge on any atom is -0.497 e. The van der Waals surface area contributed by atoms with Crippen molar-refractivity contribution in [3.8, 4) is 5.75 Å². The van der Waals surface area contributed by atoms with Crippen molar-refractivity contribution in [1.82, 2.24) is 4.90 Å². The summed E-state index contributed by atoms with van der Waals surface area (Å²) in [5.74, 6) is 1.90. The molecule has 114 valence electrons. The number of methoxy groups -OCH3 is 1.